The number of pyridine rings is 1. The van der Waals surface area contributed by atoms with Crippen LogP contribution in [0.1, 0.15) is 59.8 Å². The molecular weight excluding hydrogens is 449 g/mol. The summed E-state index contributed by atoms with van der Waals surface area (Å²) in [5, 5.41) is 6.29. The van der Waals surface area contributed by atoms with Crippen molar-refractivity contribution in [1.29, 1.82) is 0 Å². The summed E-state index contributed by atoms with van der Waals surface area (Å²) >= 11 is 0. The lowest BCUT2D eigenvalue weighted by atomic mass is 10.1. The Morgan fingerprint density at radius 2 is 2.03 bits per heavy atom. The van der Waals surface area contributed by atoms with E-state index in [1.54, 1.807) is 0 Å². The highest BCUT2D eigenvalue weighted by molar-refractivity contribution is 7.90. The van der Waals surface area contributed by atoms with E-state index >= 15 is 0 Å². The first kappa shape index (κ1) is 22.7. The van der Waals surface area contributed by atoms with Crippen LogP contribution in [0.15, 0.2) is 23.4 Å². The van der Waals surface area contributed by atoms with Crippen LogP contribution in [0.3, 0.4) is 0 Å². The van der Waals surface area contributed by atoms with Crippen molar-refractivity contribution in [2.45, 2.75) is 61.9 Å². The number of anilines is 1. The normalized spacial score (nSPS) is 19.7. The van der Waals surface area contributed by atoms with Gasteiger partial charge in [0.15, 0.2) is 14.9 Å². The molecule has 1 saturated heterocycles. The quantitative estimate of drug-likeness (QED) is 0.691. The Kier molecular flexibility index (Phi) is 6.01. The van der Waals surface area contributed by atoms with Crippen LogP contribution in [0.5, 0.6) is 0 Å². The lowest BCUT2D eigenvalue weighted by molar-refractivity contribution is -0.138. The number of rotatable bonds is 6. The summed E-state index contributed by atoms with van der Waals surface area (Å²) < 4.78 is 72.4. The van der Waals surface area contributed by atoms with Gasteiger partial charge in [-0.05, 0) is 44.2 Å². The predicted octanol–water partition coefficient (Wildman–Crippen LogP) is 3.40. The van der Waals surface area contributed by atoms with Gasteiger partial charge in [0.1, 0.15) is 11.3 Å². The molecule has 2 aromatic heterocycles. The molecule has 8 nitrogen and oxygen atoms in total. The van der Waals surface area contributed by atoms with Crippen molar-refractivity contribution in [3.63, 3.8) is 0 Å². The minimum absolute atomic E-state index is 0.0215. The highest BCUT2D eigenvalue weighted by Gasteiger charge is 2.46. The van der Waals surface area contributed by atoms with Gasteiger partial charge in [-0.15, -0.1) is 0 Å². The standard InChI is InChI=1S/C20H23F3N4O4S/c1-32(29,30)15-10-13(7-8-24-15)25-19(28)18-16(20(21,22)23)17(12-5-6-12)26-27(18)11-14-4-2-3-9-31-14/h7-8,10,12,14H,2-6,9,11H2,1H3,(H,24,25,28)/t14-/m1/s1. The molecule has 0 spiro atoms. The van der Waals surface area contributed by atoms with Gasteiger partial charge in [0, 0.05) is 30.7 Å². The van der Waals surface area contributed by atoms with E-state index in [1.165, 1.54) is 12.3 Å². The zero-order valence-corrected chi connectivity index (χ0v) is 18.2. The topological polar surface area (TPSA) is 103 Å². The van der Waals surface area contributed by atoms with Gasteiger partial charge in [0.25, 0.3) is 5.91 Å². The van der Waals surface area contributed by atoms with E-state index in [1.807, 2.05) is 0 Å². The predicted molar refractivity (Wildman–Crippen MR) is 108 cm³/mol. The Labute approximate surface area is 183 Å². The summed E-state index contributed by atoms with van der Waals surface area (Å²) in [6.07, 6.45) is 0.626. The number of aromatic nitrogens is 3. The number of hydrogen-bond acceptors (Lipinski definition) is 6. The van der Waals surface area contributed by atoms with Crippen molar-refractivity contribution >= 4 is 21.4 Å². The van der Waals surface area contributed by atoms with Crippen LogP contribution in [-0.4, -0.2) is 48.1 Å². The fourth-order valence-corrected chi connectivity index (χ4v) is 4.38. The van der Waals surface area contributed by atoms with Crippen molar-refractivity contribution < 1.29 is 31.1 Å². The largest absolute Gasteiger partial charge is 0.420 e. The molecule has 1 saturated carbocycles. The zero-order valence-electron chi connectivity index (χ0n) is 17.4. The number of sulfone groups is 1. The van der Waals surface area contributed by atoms with Crippen molar-refractivity contribution in [3.8, 4) is 0 Å². The summed E-state index contributed by atoms with van der Waals surface area (Å²) in [6.45, 7) is 0.545. The average molecular weight is 472 g/mol. The van der Waals surface area contributed by atoms with E-state index < -0.39 is 33.2 Å². The molecule has 1 aliphatic carbocycles. The summed E-state index contributed by atoms with van der Waals surface area (Å²) in [4.78, 5) is 16.8. The Bertz CT molecular complexity index is 1120. The fraction of sp³-hybridized carbons (Fsp3) is 0.550. The molecule has 32 heavy (non-hydrogen) atoms. The van der Waals surface area contributed by atoms with Gasteiger partial charge in [-0.3, -0.25) is 9.48 Å². The molecule has 2 aromatic rings. The van der Waals surface area contributed by atoms with E-state index in [0.29, 0.717) is 25.9 Å². The minimum Gasteiger partial charge on any atom is -0.376 e. The van der Waals surface area contributed by atoms with Crippen LogP contribution in [0.4, 0.5) is 18.9 Å². The molecule has 0 bridgehead atoms. The average Bonchev–Trinajstić information content (AvgIpc) is 3.48. The Morgan fingerprint density at radius 3 is 2.62 bits per heavy atom. The van der Waals surface area contributed by atoms with Crippen LogP contribution in [-0.2, 0) is 27.3 Å². The molecule has 174 valence electrons. The number of alkyl halides is 3. The molecule has 2 fully saturated rings. The van der Waals surface area contributed by atoms with Gasteiger partial charge in [-0.25, -0.2) is 13.4 Å². The van der Waals surface area contributed by atoms with E-state index in [0.717, 1.165) is 29.8 Å². The first-order valence-electron chi connectivity index (χ1n) is 10.3. The molecule has 1 N–H and O–H groups in total. The second-order valence-corrected chi connectivity index (χ2v) is 10.1. The molecule has 1 amide bonds. The van der Waals surface area contributed by atoms with Crippen LogP contribution >= 0.6 is 0 Å². The van der Waals surface area contributed by atoms with E-state index in [9.17, 15) is 26.4 Å². The third-order valence-corrected chi connectivity index (χ3v) is 6.45. The van der Waals surface area contributed by atoms with Crippen molar-refractivity contribution in [2.75, 3.05) is 18.2 Å². The Morgan fingerprint density at radius 1 is 1.28 bits per heavy atom. The van der Waals surface area contributed by atoms with Crippen LogP contribution < -0.4 is 5.32 Å². The molecule has 0 radical (unpaired) electrons. The molecule has 3 heterocycles. The maximum Gasteiger partial charge on any atom is 0.420 e. The third-order valence-electron chi connectivity index (χ3n) is 5.47. The zero-order chi connectivity index (χ0) is 23.1. The highest BCUT2D eigenvalue weighted by atomic mass is 32.2. The number of hydrogen-bond donors (Lipinski definition) is 1. The van der Waals surface area contributed by atoms with Gasteiger partial charge in [-0.1, -0.05) is 0 Å². The Balaban J connectivity index is 1.72. The maximum atomic E-state index is 14.1. The first-order valence-corrected chi connectivity index (χ1v) is 12.2. The molecule has 0 aromatic carbocycles. The monoisotopic (exact) mass is 472 g/mol. The van der Waals surface area contributed by atoms with Crippen LogP contribution in [0.25, 0.3) is 0 Å². The summed E-state index contributed by atoms with van der Waals surface area (Å²) in [5.41, 5.74) is -1.73. The van der Waals surface area contributed by atoms with Crippen LogP contribution in [0, 0.1) is 0 Å². The SMILES string of the molecule is CS(=O)(=O)c1cc(NC(=O)c2c(C(F)(F)F)c(C3CC3)nn2C[C@H]2CCCCO2)ccn1. The van der Waals surface area contributed by atoms with Gasteiger partial charge in [0.2, 0.25) is 0 Å². The lowest BCUT2D eigenvalue weighted by Gasteiger charge is -2.23. The van der Waals surface area contributed by atoms with E-state index in [4.69, 9.17) is 4.74 Å². The van der Waals surface area contributed by atoms with Gasteiger partial charge >= 0.3 is 6.18 Å². The number of amides is 1. The van der Waals surface area contributed by atoms with Gasteiger partial charge in [0.05, 0.1) is 18.3 Å². The second kappa shape index (κ2) is 8.47. The van der Waals surface area contributed by atoms with Crippen LogP contribution in [0.2, 0.25) is 0 Å². The smallest absolute Gasteiger partial charge is 0.376 e. The third kappa shape index (κ3) is 4.96. The number of halogens is 3. The molecule has 4 rings (SSSR count). The molecule has 1 aliphatic heterocycles. The van der Waals surface area contributed by atoms with Gasteiger partial charge in [-0.2, -0.15) is 18.3 Å². The number of carbonyl (C=O) groups is 1. The van der Waals surface area contributed by atoms with E-state index in [2.05, 4.69) is 15.4 Å². The molecule has 12 heteroatoms. The van der Waals surface area contributed by atoms with E-state index in [-0.39, 0.29) is 35.0 Å². The lowest BCUT2D eigenvalue weighted by Crippen LogP contribution is -2.29. The van der Waals surface area contributed by atoms with Crippen molar-refractivity contribution in [2.24, 2.45) is 0 Å². The molecule has 1 atom stereocenters. The summed E-state index contributed by atoms with van der Waals surface area (Å²) in [7, 11) is -3.66. The first-order chi connectivity index (χ1) is 15.0. The number of ether oxygens (including phenoxy) is 1. The fourth-order valence-electron chi connectivity index (χ4n) is 3.79. The summed E-state index contributed by atoms with van der Waals surface area (Å²) in [5.74, 6) is -1.34. The highest BCUT2D eigenvalue weighted by Crippen LogP contribution is 2.46. The minimum atomic E-state index is -4.77. The van der Waals surface area contributed by atoms with Gasteiger partial charge < -0.3 is 10.1 Å². The van der Waals surface area contributed by atoms with Crippen molar-refractivity contribution in [3.05, 3.63) is 35.3 Å². The molecular formula is C20H23F3N4O4S. The molecule has 0 unspecified atom stereocenters. The molecule has 2 aliphatic rings. The maximum absolute atomic E-state index is 14.1. The Hall–Kier alpha value is -2.47. The van der Waals surface area contributed by atoms with Crippen molar-refractivity contribution in [1.82, 2.24) is 14.8 Å². The summed E-state index contributed by atoms with van der Waals surface area (Å²) in [6, 6.07) is 2.42. The number of carbonyl (C=O) groups excluding carboxylic acids is 1. The second-order valence-electron chi connectivity index (χ2n) is 8.16. The number of nitrogens with zero attached hydrogens (tertiary/aromatic N) is 3. The number of nitrogens with one attached hydrogen (secondary N) is 1.